The average Bonchev–Trinajstić information content (AvgIpc) is 2.78. The molecule has 2 amide bonds. The van der Waals surface area contributed by atoms with Crippen LogP contribution in [0.3, 0.4) is 0 Å². The van der Waals surface area contributed by atoms with Crippen molar-refractivity contribution in [2.45, 2.75) is 6.92 Å². The van der Waals surface area contributed by atoms with Crippen molar-refractivity contribution in [1.29, 1.82) is 0 Å². The van der Waals surface area contributed by atoms with Gasteiger partial charge in [-0.1, -0.05) is 41.4 Å². The largest absolute Gasteiger partial charge is 0.282 e. The first-order chi connectivity index (χ1) is 10.5. The van der Waals surface area contributed by atoms with Gasteiger partial charge in [0.05, 0.1) is 5.69 Å². The third-order valence-corrected chi connectivity index (χ3v) is 3.62. The lowest BCUT2D eigenvalue weighted by Gasteiger charge is -2.14. The second-order valence-electron chi connectivity index (χ2n) is 5.03. The van der Waals surface area contributed by atoms with Crippen molar-refractivity contribution in [2.24, 2.45) is 0 Å². The molecule has 2 aromatic carbocycles. The number of amides is 2. The Hall–Kier alpha value is -2.59. The first-order valence-electron chi connectivity index (χ1n) is 6.74. The van der Waals surface area contributed by atoms with Gasteiger partial charge in [0.15, 0.2) is 0 Å². The van der Waals surface area contributed by atoms with Crippen LogP contribution in [0, 0.1) is 6.92 Å². The predicted octanol–water partition coefficient (Wildman–Crippen LogP) is 3.11. The molecule has 0 spiro atoms. The van der Waals surface area contributed by atoms with Crippen LogP contribution in [0.15, 0.2) is 54.1 Å². The molecule has 1 heterocycles. The van der Waals surface area contributed by atoms with Gasteiger partial charge in [-0.15, -0.1) is 0 Å². The number of halogens is 1. The van der Waals surface area contributed by atoms with E-state index < -0.39 is 5.91 Å². The summed E-state index contributed by atoms with van der Waals surface area (Å²) < 4.78 is 0. The Morgan fingerprint density at radius 3 is 2.27 bits per heavy atom. The highest BCUT2D eigenvalue weighted by Gasteiger charge is 2.34. The quantitative estimate of drug-likeness (QED) is 0.684. The summed E-state index contributed by atoms with van der Waals surface area (Å²) in [5, 5.41) is 1.86. The molecular weight excluding hydrogens is 300 g/mol. The van der Waals surface area contributed by atoms with Crippen LogP contribution in [0.4, 0.5) is 5.69 Å². The fourth-order valence-corrected chi connectivity index (χ4v) is 2.28. The second kappa shape index (κ2) is 5.66. The monoisotopic (exact) mass is 312 g/mol. The molecule has 1 N–H and O–H groups in total. The SMILES string of the molecule is Cc1ccc(N2NC(=O)/C(=C\c3ccc(Cl)cc3)C2=O)cc1. The average molecular weight is 313 g/mol. The predicted molar refractivity (Wildman–Crippen MR) is 86.2 cm³/mol. The normalized spacial score (nSPS) is 16.3. The lowest BCUT2D eigenvalue weighted by Crippen LogP contribution is -2.35. The summed E-state index contributed by atoms with van der Waals surface area (Å²) >= 11 is 5.83. The summed E-state index contributed by atoms with van der Waals surface area (Å²) in [5.41, 5.74) is 5.13. The van der Waals surface area contributed by atoms with Gasteiger partial charge in [0, 0.05) is 5.02 Å². The minimum absolute atomic E-state index is 0.0999. The number of anilines is 1. The maximum atomic E-state index is 12.4. The molecule has 0 atom stereocenters. The van der Waals surface area contributed by atoms with Crippen LogP contribution in [0.1, 0.15) is 11.1 Å². The number of carbonyl (C=O) groups excluding carboxylic acids is 2. The van der Waals surface area contributed by atoms with Gasteiger partial charge in [0.1, 0.15) is 5.57 Å². The second-order valence-corrected chi connectivity index (χ2v) is 5.46. The van der Waals surface area contributed by atoms with Gasteiger partial charge in [-0.05, 0) is 42.8 Å². The number of hydrogen-bond acceptors (Lipinski definition) is 2. The van der Waals surface area contributed by atoms with Crippen LogP contribution < -0.4 is 10.4 Å². The molecule has 3 rings (SSSR count). The molecule has 1 aliphatic heterocycles. The van der Waals surface area contributed by atoms with E-state index in [0.29, 0.717) is 10.7 Å². The van der Waals surface area contributed by atoms with Crippen LogP contribution in [-0.2, 0) is 9.59 Å². The molecule has 1 fully saturated rings. The lowest BCUT2D eigenvalue weighted by atomic mass is 10.1. The molecule has 4 nitrogen and oxygen atoms in total. The third-order valence-electron chi connectivity index (χ3n) is 3.36. The highest BCUT2D eigenvalue weighted by atomic mass is 35.5. The van der Waals surface area contributed by atoms with Crippen molar-refractivity contribution in [1.82, 2.24) is 5.43 Å². The molecule has 0 bridgehead atoms. The van der Waals surface area contributed by atoms with Gasteiger partial charge in [-0.25, -0.2) is 5.01 Å². The van der Waals surface area contributed by atoms with Crippen LogP contribution in [0.5, 0.6) is 0 Å². The zero-order valence-electron chi connectivity index (χ0n) is 11.8. The lowest BCUT2D eigenvalue weighted by molar-refractivity contribution is -0.117. The number of rotatable bonds is 2. The fourth-order valence-electron chi connectivity index (χ4n) is 2.16. The molecule has 22 heavy (non-hydrogen) atoms. The Morgan fingerprint density at radius 2 is 1.64 bits per heavy atom. The van der Waals surface area contributed by atoms with Crippen LogP contribution in [0.2, 0.25) is 5.02 Å². The summed E-state index contributed by atoms with van der Waals surface area (Å²) in [6.45, 7) is 1.96. The summed E-state index contributed by atoms with van der Waals surface area (Å²) in [5.74, 6) is -0.788. The standard InChI is InChI=1S/C17H13ClN2O2/c1-11-2-8-14(9-3-11)20-17(22)15(16(21)19-20)10-12-4-6-13(18)7-5-12/h2-10H,1H3,(H,19,21)/b15-10+. The minimum atomic E-state index is -0.416. The summed E-state index contributed by atoms with van der Waals surface area (Å²) in [7, 11) is 0. The van der Waals surface area contributed by atoms with Crippen molar-refractivity contribution in [3.8, 4) is 0 Å². The first kappa shape index (κ1) is 14.4. The highest BCUT2D eigenvalue weighted by molar-refractivity contribution is 6.32. The van der Waals surface area contributed by atoms with Gasteiger partial charge >= 0.3 is 0 Å². The fraction of sp³-hybridized carbons (Fsp3) is 0.0588. The van der Waals surface area contributed by atoms with Gasteiger partial charge in [-0.3, -0.25) is 15.0 Å². The van der Waals surface area contributed by atoms with Gasteiger partial charge in [0.2, 0.25) is 0 Å². The Balaban J connectivity index is 1.91. The van der Waals surface area contributed by atoms with Gasteiger partial charge in [0.25, 0.3) is 11.8 Å². The molecule has 0 unspecified atom stereocenters. The van der Waals surface area contributed by atoms with E-state index in [-0.39, 0.29) is 11.5 Å². The van der Waals surface area contributed by atoms with E-state index in [4.69, 9.17) is 11.6 Å². The molecule has 0 saturated carbocycles. The van der Waals surface area contributed by atoms with E-state index in [2.05, 4.69) is 5.43 Å². The molecule has 0 radical (unpaired) electrons. The first-order valence-corrected chi connectivity index (χ1v) is 7.12. The number of hydrazine groups is 1. The van der Waals surface area contributed by atoms with E-state index in [1.54, 1.807) is 42.5 Å². The number of nitrogens with zero attached hydrogens (tertiary/aromatic N) is 1. The number of carbonyl (C=O) groups is 2. The van der Waals surface area contributed by atoms with Crippen LogP contribution in [0.25, 0.3) is 6.08 Å². The molecule has 1 saturated heterocycles. The van der Waals surface area contributed by atoms with Crippen LogP contribution in [-0.4, -0.2) is 11.8 Å². The summed E-state index contributed by atoms with van der Waals surface area (Å²) in [6, 6.07) is 14.3. The smallest absolute Gasteiger partial charge is 0.267 e. The van der Waals surface area contributed by atoms with Crippen molar-refractivity contribution >= 4 is 35.2 Å². The van der Waals surface area contributed by atoms with E-state index >= 15 is 0 Å². The Morgan fingerprint density at radius 1 is 1.00 bits per heavy atom. The summed E-state index contributed by atoms with van der Waals surface area (Å²) in [6.07, 6.45) is 1.56. The molecule has 5 heteroatoms. The van der Waals surface area contributed by atoms with Crippen molar-refractivity contribution in [3.05, 3.63) is 70.3 Å². The molecule has 0 aromatic heterocycles. The maximum Gasteiger partial charge on any atom is 0.282 e. The Labute approximate surface area is 133 Å². The van der Waals surface area contributed by atoms with Crippen LogP contribution >= 0.6 is 11.6 Å². The van der Waals surface area contributed by atoms with Gasteiger partial charge < -0.3 is 0 Å². The van der Waals surface area contributed by atoms with E-state index in [9.17, 15) is 9.59 Å². The molecule has 0 aliphatic carbocycles. The zero-order chi connectivity index (χ0) is 15.7. The Bertz CT molecular complexity index is 764. The molecular formula is C17H13ClN2O2. The number of aryl methyl sites for hydroxylation is 1. The minimum Gasteiger partial charge on any atom is -0.267 e. The topological polar surface area (TPSA) is 49.4 Å². The molecule has 110 valence electrons. The van der Waals surface area contributed by atoms with Crippen molar-refractivity contribution in [2.75, 3.05) is 5.01 Å². The number of hydrogen-bond donors (Lipinski definition) is 1. The van der Waals surface area contributed by atoms with Crippen molar-refractivity contribution < 1.29 is 9.59 Å². The number of benzene rings is 2. The molecule has 2 aromatic rings. The van der Waals surface area contributed by atoms with E-state index in [1.165, 1.54) is 5.01 Å². The molecule has 1 aliphatic rings. The van der Waals surface area contributed by atoms with E-state index in [1.807, 2.05) is 19.1 Å². The Kier molecular flexibility index (Phi) is 3.69. The zero-order valence-corrected chi connectivity index (χ0v) is 12.6. The maximum absolute atomic E-state index is 12.4. The number of nitrogens with one attached hydrogen (secondary N) is 1. The highest BCUT2D eigenvalue weighted by Crippen LogP contribution is 2.22. The third kappa shape index (κ3) is 2.73. The van der Waals surface area contributed by atoms with Gasteiger partial charge in [-0.2, -0.15) is 0 Å². The van der Waals surface area contributed by atoms with E-state index in [0.717, 1.165) is 11.1 Å². The summed E-state index contributed by atoms with van der Waals surface area (Å²) in [4.78, 5) is 24.5. The van der Waals surface area contributed by atoms with Crippen molar-refractivity contribution in [3.63, 3.8) is 0 Å².